The van der Waals surface area contributed by atoms with Crippen molar-refractivity contribution >= 4 is 20.6 Å². The molecule has 1 aromatic carbocycles. The number of carbonyl (C=O) groups is 1. The van der Waals surface area contributed by atoms with E-state index in [1.165, 1.54) is 0 Å². The lowest BCUT2D eigenvalue weighted by Crippen LogP contribution is -2.30. The van der Waals surface area contributed by atoms with Crippen LogP contribution in [0.3, 0.4) is 0 Å². The van der Waals surface area contributed by atoms with Gasteiger partial charge in [-0.3, -0.25) is 4.79 Å². The van der Waals surface area contributed by atoms with Crippen LogP contribution < -0.4 is 0 Å². The number of hydrogen-bond donors (Lipinski definition) is 0. The topological polar surface area (TPSA) is 80.5 Å². The Morgan fingerprint density at radius 3 is 2.85 bits per heavy atom. The molecule has 2 aromatic rings. The summed E-state index contributed by atoms with van der Waals surface area (Å²) in [6.07, 6.45) is 3.98. The summed E-state index contributed by atoms with van der Waals surface area (Å²) in [5.74, 6) is 0.726. The highest BCUT2D eigenvalue weighted by Gasteiger charge is 2.33. The molecule has 2 aliphatic rings. The van der Waals surface area contributed by atoms with Crippen molar-refractivity contribution in [1.29, 1.82) is 0 Å². The molecule has 136 valence electrons. The van der Waals surface area contributed by atoms with Crippen LogP contribution >= 0.6 is 0 Å². The summed E-state index contributed by atoms with van der Waals surface area (Å²) < 4.78 is 29.7. The summed E-state index contributed by atoms with van der Waals surface area (Å²) in [5, 5.41) is 3.92. The summed E-state index contributed by atoms with van der Waals surface area (Å²) >= 11 is 0. The molecule has 2 aliphatic heterocycles. The molecule has 0 N–H and O–H groups in total. The van der Waals surface area contributed by atoms with Crippen molar-refractivity contribution in [1.82, 2.24) is 10.1 Å². The molecule has 1 amide bonds. The Morgan fingerprint density at radius 2 is 2.15 bits per heavy atom. The van der Waals surface area contributed by atoms with Crippen molar-refractivity contribution in [2.24, 2.45) is 0 Å². The molecule has 1 unspecified atom stereocenters. The van der Waals surface area contributed by atoms with Gasteiger partial charge in [0, 0.05) is 18.2 Å². The minimum Gasteiger partial charge on any atom is -0.359 e. The Balaban J connectivity index is 1.63. The van der Waals surface area contributed by atoms with Crippen molar-refractivity contribution in [3.63, 3.8) is 0 Å². The van der Waals surface area contributed by atoms with Crippen molar-refractivity contribution in [3.05, 3.63) is 59.0 Å². The van der Waals surface area contributed by atoms with E-state index < -0.39 is 9.84 Å². The first-order valence-electron chi connectivity index (χ1n) is 8.73. The maximum absolute atomic E-state index is 13.1. The minimum atomic E-state index is -3.24. The predicted molar refractivity (Wildman–Crippen MR) is 97.1 cm³/mol. The SMILES string of the molecule is Cc1cc(C2CCCN2C(=O)c2cccc(C3=CCCS3(=O)=O)c2)on1. The first kappa shape index (κ1) is 17.0. The molecule has 6 nitrogen and oxygen atoms in total. The highest BCUT2D eigenvalue weighted by Crippen LogP contribution is 2.34. The van der Waals surface area contributed by atoms with Crippen LogP contribution in [0.1, 0.15) is 52.7 Å². The summed E-state index contributed by atoms with van der Waals surface area (Å²) in [7, 11) is -3.24. The fraction of sp³-hybridized carbons (Fsp3) is 0.368. The number of sulfone groups is 1. The van der Waals surface area contributed by atoms with Gasteiger partial charge in [-0.15, -0.1) is 0 Å². The molecular formula is C19H20N2O4S. The maximum Gasteiger partial charge on any atom is 0.254 e. The number of carbonyl (C=O) groups excluding carboxylic acids is 1. The normalized spacial score (nSPS) is 21.8. The van der Waals surface area contributed by atoms with Crippen LogP contribution in [-0.2, 0) is 9.84 Å². The smallest absolute Gasteiger partial charge is 0.254 e. The lowest BCUT2D eigenvalue weighted by Gasteiger charge is -2.23. The van der Waals surface area contributed by atoms with E-state index in [1.807, 2.05) is 13.0 Å². The third kappa shape index (κ3) is 2.96. The standard InChI is InChI=1S/C19H20N2O4S/c1-13-11-17(25-20-13)16-7-3-9-21(16)19(22)15-6-2-5-14(12-15)18-8-4-10-26(18,23)24/h2,5-6,8,11-12,16H,3-4,7,9-10H2,1H3. The third-order valence-corrected chi connectivity index (χ3v) is 6.78. The van der Waals surface area contributed by atoms with Crippen LogP contribution in [0.5, 0.6) is 0 Å². The van der Waals surface area contributed by atoms with Gasteiger partial charge in [0.05, 0.1) is 22.4 Å². The number of likely N-dealkylation sites (tertiary alicyclic amines) is 1. The summed E-state index contributed by atoms with van der Waals surface area (Å²) in [4.78, 5) is 15.2. The van der Waals surface area contributed by atoms with Gasteiger partial charge in [0.15, 0.2) is 15.6 Å². The van der Waals surface area contributed by atoms with Crippen molar-refractivity contribution in [3.8, 4) is 0 Å². The number of nitrogens with zero attached hydrogens (tertiary/aromatic N) is 2. The lowest BCUT2D eigenvalue weighted by molar-refractivity contribution is 0.0714. The Morgan fingerprint density at radius 1 is 1.31 bits per heavy atom. The van der Waals surface area contributed by atoms with Gasteiger partial charge in [-0.1, -0.05) is 23.4 Å². The predicted octanol–water partition coefficient (Wildman–Crippen LogP) is 3.12. The zero-order valence-electron chi connectivity index (χ0n) is 14.5. The molecule has 26 heavy (non-hydrogen) atoms. The Labute approximate surface area is 152 Å². The number of amides is 1. The zero-order valence-corrected chi connectivity index (χ0v) is 15.3. The molecule has 0 spiro atoms. The number of benzene rings is 1. The Kier molecular flexibility index (Phi) is 4.19. The number of aryl methyl sites for hydroxylation is 1. The molecular weight excluding hydrogens is 352 g/mol. The van der Waals surface area contributed by atoms with Crippen LogP contribution in [0.15, 0.2) is 40.9 Å². The molecule has 1 fully saturated rings. The molecule has 0 bridgehead atoms. The Hall–Kier alpha value is -2.41. The van der Waals surface area contributed by atoms with E-state index in [1.54, 1.807) is 35.2 Å². The maximum atomic E-state index is 13.1. The van der Waals surface area contributed by atoms with Crippen LogP contribution in [0.2, 0.25) is 0 Å². The van der Waals surface area contributed by atoms with Gasteiger partial charge >= 0.3 is 0 Å². The molecule has 1 aromatic heterocycles. The highest BCUT2D eigenvalue weighted by atomic mass is 32.2. The van der Waals surface area contributed by atoms with Crippen LogP contribution in [0, 0.1) is 6.92 Å². The number of hydrogen-bond acceptors (Lipinski definition) is 5. The van der Waals surface area contributed by atoms with E-state index in [-0.39, 0.29) is 17.7 Å². The monoisotopic (exact) mass is 372 g/mol. The fourth-order valence-electron chi connectivity index (χ4n) is 3.70. The first-order valence-corrected chi connectivity index (χ1v) is 10.4. The van der Waals surface area contributed by atoms with Gasteiger partial charge in [0.2, 0.25) is 0 Å². The number of rotatable bonds is 3. The van der Waals surface area contributed by atoms with Gasteiger partial charge in [-0.05, 0) is 43.9 Å². The first-order chi connectivity index (χ1) is 12.5. The minimum absolute atomic E-state index is 0.112. The summed E-state index contributed by atoms with van der Waals surface area (Å²) in [5.41, 5.74) is 1.87. The molecule has 0 saturated carbocycles. The summed E-state index contributed by atoms with van der Waals surface area (Å²) in [6.45, 7) is 2.50. The average molecular weight is 372 g/mol. The molecule has 4 rings (SSSR count). The average Bonchev–Trinajstić information content (AvgIpc) is 3.33. The fourth-order valence-corrected chi connectivity index (χ4v) is 5.20. The van der Waals surface area contributed by atoms with E-state index in [9.17, 15) is 13.2 Å². The van der Waals surface area contributed by atoms with Crippen LogP contribution in [-0.4, -0.2) is 36.7 Å². The van der Waals surface area contributed by atoms with E-state index in [0.29, 0.717) is 34.8 Å². The number of allylic oxidation sites excluding steroid dienone is 1. The molecule has 1 saturated heterocycles. The van der Waals surface area contributed by atoms with Gasteiger partial charge in [0.25, 0.3) is 5.91 Å². The second-order valence-corrected chi connectivity index (χ2v) is 8.86. The number of aromatic nitrogens is 1. The van der Waals surface area contributed by atoms with E-state index >= 15 is 0 Å². The quantitative estimate of drug-likeness (QED) is 0.827. The second kappa shape index (κ2) is 6.39. The molecule has 0 aliphatic carbocycles. The highest BCUT2D eigenvalue weighted by molar-refractivity contribution is 8.00. The van der Waals surface area contributed by atoms with Gasteiger partial charge in [0.1, 0.15) is 0 Å². The summed E-state index contributed by atoms with van der Waals surface area (Å²) in [6, 6.07) is 8.63. The van der Waals surface area contributed by atoms with Crippen molar-refractivity contribution < 1.29 is 17.7 Å². The zero-order chi connectivity index (χ0) is 18.3. The van der Waals surface area contributed by atoms with Gasteiger partial charge < -0.3 is 9.42 Å². The molecule has 7 heteroatoms. The lowest BCUT2D eigenvalue weighted by atomic mass is 10.1. The van der Waals surface area contributed by atoms with Crippen molar-refractivity contribution in [2.45, 2.75) is 32.2 Å². The molecule has 3 heterocycles. The van der Waals surface area contributed by atoms with E-state index in [2.05, 4.69) is 5.16 Å². The molecule has 0 radical (unpaired) electrons. The van der Waals surface area contributed by atoms with Crippen LogP contribution in [0.25, 0.3) is 4.91 Å². The van der Waals surface area contributed by atoms with E-state index in [4.69, 9.17) is 4.52 Å². The largest absolute Gasteiger partial charge is 0.359 e. The van der Waals surface area contributed by atoms with Crippen LogP contribution in [0.4, 0.5) is 0 Å². The van der Waals surface area contributed by atoms with Gasteiger partial charge in [-0.25, -0.2) is 8.42 Å². The van der Waals surface area contributed by atoms with E-state index in [0.717, 1.165) is 18.5 Å². The van der Waals surface area contributed by atoms with Gasteiger partial charge in [-0.2, -0.15) is 0 Å². The van der Waals surface area contributed by atoms with Crippen molar-refractivity contribution in [2.75, 3.05) is 12.3 Å². The molecule has 1 atom stereocenters. The third-order valence-electron chi connectivity index (χ3n) is 4.93. The Bertz CT molecular complexity index is 990. The second-order valence-electron chi connectivity index (χ2n) is 6.78.